The van der Waals surface area contributed by atoms with Crippen LogP contribution in [0.15, 0.2) is 72.3 Å². The second kappa shape index (κ2) is 13.9. The van der Waals surface area contributed by atoms with Crippen molar-refractivity contribution in [3.63, 3.8) is 0 Å². The standard InChI is InChI=1S/C32H43NO8S2/c1-33(20-16-26-14-15-29(38-2)30(23-26)39-3)19-9-18-32(42(34,35)21-10-22-43(32,36)37)28-13-8-17-31(24-28,40-4)41-25-27-11-6-5-7-12-27/h5-8,11-15,17,23H,9-10,16,18-22,24-25H2,1-4H3. The van der Waals surface area contributed by atoms with Crippen LogP contribution in [0.4, 0.5) is 0 Å². The van der Waals surface area contributed by atoms with Crippen molar-refractivity contribution in [1.82, 2.24) is 4.90 Å². The summed E-state index contributed by atoms with van der Waals surface area (Å²) in [4.78, 5) is 2.09. The first-order valence-corrected chi connectivity index (χ1v) is 17.8. The third-order valence-corrected chi connectivity index (χ3v) is 14.5. The van der Waals surface area contributed by atoms with Gasteiger partial charge in [-0.3, -0.25) is 0 Å². The zero-order valence-corrected chi connectivity index (χ0v) is 27.1. The highest BCUT2D eigenvalue weighted by atomic mass is 32.3. The summed E-state index contributed by atoms with van der Waals surface area (Å²) in [5, 5.41) is 0. The molecule has 1 aliphatic carbocycles. The topological polar surface area (TPSA) is 108 Å². The minimum absolute atomic E-state index is 0.000432. The summed E-state index contributed by atoms with van der Waals surface area (Å²) in [5.74, 6) is -0.312. The zero-order valence-electron chi connectivity index (χ0n) is 25.5. The summed E-state index contributed by atoms with van der Waals surface area (Å²) in [6.07, 6.45) is 6.19. The molecule has 4 rings (SSSR count). The second-order valence-corrected chi connectivity index (χ2v) is 16.0. The van der Waals surface area contributed by atoms with Crippen LogP contribution in [0.5, 0.6) is 11.5 Å². The molecule has 43 heavy (non-hydrogen) atoms. The Labute approximate surface area is 256 Å². The van der Waals surface area contributed by atoms with Gasteiger partial charge in [0.05, 0.1) is 32.3 Å². The first-order valence-electron chi connectivity index (χ1n) is 14.5. The molecule has 11 heteroatoms. The van der Waals surface area contributed by atoms with Gasteiger partial charge in [0.1, 0.15) is 0 Å². The van der Waals surface area contributed by atoms with Crippen LogP contribution < -0.4 is 9.47 Å². The van der Waals surface area contributed by atoms with Gasteiger partial charge >= 0.3 is 0 Å². The number of hydrogen-bond acceptors (Lipinski definition) is 9. The Morgan fingerprint density at radius 3 is 2.21 bits per heavy atom. The molecule has 0 N–H and O–H groups in total. The van der Waals surface area contributed by atoms with E-state index < -0.39 is 29.5 Å². The van der Waals surface area contributed by atoms with Gasteiger partial charge in [-0.2, -0.15) is 0 Å². The lowest BCUT2D eigenvalue weighted by Crippen LogP contribution is -2.55. The highest BCUT2D eigenvalue weighted by molar-refractivity contribution is 8.11. The summed E-state index contributed by atoms with van der Waals surface area (Å²) >= 11 is 0. The molecule has 1 atom stereocenters. The van der Waals surface area contributed by atoms with Crippen LogP contribution in [0.3, 0.4) is 0 Å². The first kappa shape index (κ1) is 33.2. The van der Waals surface area contributed by atoms with Gasteiger partial charge in [-0.05, 0) is 74.2 Å². The van der Waals surface area contributed by atoms with Gasteiger partial charge in [0.15, 0.2) is 41.0 Å². The fraction of sp³-hybridized carbons (Fsp3) is 0.500. The fourth-order valence-electron chi connectivity index (χ4n) is 5.92. The summed E-state index contributed by atoms with van der Waals surface area (Å²) in [5.41, 5.74) is 2.30. The van der Waals surface area contributed by atoms with E-state index in [1.54, 1.807) is 32.4 Å². The number of likely N-dealkylation sites (N-methyl/N-ethyl adjacent to an activating group) is 1. The first-order chi connectivity index (χ1) is 20.5. The van der Waals surface area contributed by atoms with E-state index in [0.717, 1.165) is 17.5 Å². The molecule has 1 saturated heterocycles. The molecule has 236 valence electrons. The molecule has 0 amide bonds. The number of hydrogen-bond donors (Lipinski definition) is 0. The van der Waals surface area contributed by atoms with E-state index in [9.17, 15) is 16.8 Å². The van der Waals surface area contributed by atoms with Gasteiger partial charge in [-0.25, -0.2) is 16.8 Å². The average molecular weight is 634 g/mol. The molecule has 1 unspecified atom stereocenters. The molecule has 1 heterocycles. The van der Waals surface area contributed by atoms with Crippen LogP contribution >= 0.6 is 0 Å². The Balaban J connectivity index is 1.51. The van der Waals surface area contributed by atoms with E-state index in [4.69, 9.17) is 18.9 Å². The summed E-state index contributed by atoms with van der Waals surface area (Å²) in [7, 11) is -1.43. The lowest BCUT2D eigenvalue weighted by molar-refractivity contribution is -0.195. The minimum Gasteiger partial charge on any atom is -0.493 e. The molecule has 0 radical (unpaired) electrons. The SMILES string of the molecule is COc1ccc(CCN(C)CCCC2(C3=CC=CC(OC)(OCc4ccccc4)C3)S(=O)(=O)CCCS2(=O)=O)cc1OC. The van der Waals surface area contributed by atoms with Crippen LogP contribution in [0, 0.1) is 0 Å². The molecule has 0 aromatic heterocycles. The highest BCUT2D eigenvalue weighted by Gasteiger charge is 2.59. The maximum atomic E-state index is 13.8. The number of rotatable bonds is 14. The van der Waals surface area contributed by atoms with Gasteiger partial charge < -0.3 is 23.8 Å². The van der Waals surface area contributed by atoms with Crippen molar-refractivity contribution >= 4 is 19.7 Å². The van der Waals surface area contributed by atoms with Crippen LogP contribution in [0.2, 0.25) is 0 Å². The molecule has 0 spiro atoms. The van der Waals surface area contributed by atoms with E-state index in [2.05, 4.69) is 4.90 Å². The van der Waals surface area contributed by atoms with E-state index >= 15 is 0 Å². The molecular weight excluding hydrogens is 590 g/mol. The average Bonchev–Trinajstić information content (AvgIpc) is 3.00. The van der Waals surface area contributed by atoms with Crippen molar-refractivity contribution in [1.29, 1.82) is 0 Å². The molecule has 1 fully saturated rings. The largest absolute Gasteiger partial charge is 0.493 e. The molecule has 1 aliphatic heterocycles. The summed E-state index contributed by atoms with van der Waals surface area (Å²) < 4.78 is 76.0. The van der Waals surface area contributed by atoms with Gasteiger partial charge in [0.25, 0.3) is 0 Å². The molecule has 2 aromatic carbocycles. The second-order valence-electron chi connectivity index (χ2n) is 11.1. The lowest BCUT2D eigenvalue weighted by Gasteiger charge is -2.42. The normalized spacial score (nSPS) is 22.2. The van der Waals surface area contributed by atoms with Gasteiger partial charge in [-0.1, -0.05) is 48.6 Å². The third-order valence-electron chi connectivity index (χ3n) is 8.35. The molecule has 0 bridgehead atoms. The smallest absolute Gasteiger partial charge is 0.194 e. The number of benzene rings is 2. The maximum absolute atomic E-state index is 13.8. The molecule has 2 aliphatic rings. The minimum atomic E-state index is -4.03. The lowest BCUT2D eigenvalue weighted by atomic mass is 9.93. The number of ether oxygens (including phenoxy) is 4. The van der Waals surface area contributed by atoms with Crippen molar-refractivity contribution in [2.24, 2.45) is 0 Å². The maximum Gasteiger partial charge on any atom is 0.194 e. The van der Waals surface area contributed by atoms with E-state index in [-0.39, 0.29) is 37.4 Å². The fourth-order valence-corrected chi connectivity index (χ4v) is 11.8. The quantitative estimate of drug-likeness (QED) is 0.281. The Kier molecular flexibility index (Phi) is 10.8. The predicted octanol–water partition coefficient (Wildman–Crippen LogP) is 4.33. The van der Waals surface area contributed by atoms with Crippen LogP contribution in [-0.2, 0) is 42.2 Å². The van der Waals surface area contributed by atoms with Gasteiger partial charge in [0, 0.05) is 20.1 Å². The summed E-state index contributed by atoms with van der Waals surface area (Å²) in [6.45, 7) is 1.46. The van der Waals surface area contributed by atoms with Crippen molar-refractivity contribution in [2.45, 2.75) is 48.6 Å². The predicted molar refractivity (Wildman–Crippen MR) is 168 cm³/mol. The van der Waals surface area contributed by atoms with Crippen molar-refractivity contribution in [3.8, 4) is 11.5 Å². The van der Waals surface area contributed by atoms with E-state index in [0.29, 0.717) is 36.6 Å². The van der Waals surface area contributed by atoms with Crippen molar-refractivity contribution in [2.75, 3.05) is 53.0 Å². The number of sulfone groups is 2. The zero-order chi connectivity index (χ0) is 31.1. The Morgan fingerprint density at radius 2 is 1.56 bits per heavy atom. The molecule has 0 saturated carbocycles. The van der Waals surface area contributed by atoms with E-state index in [1.165, 1.54) is 7.11 Å². The Bertz CT molecular complexity index is 1490. The Hall–Kier alpha value is -2.70. The Morgan fingerprint density at radius 1 is 0.860 bits per heavy atom. The van der Waals surface area contributed by atoms with Crippen LogP contribution in [0.1, 0.15) is 36.8 Å². The number of nitrogens with zero attached hydrogens (tertiary/aromatic N) is 1. The van der Waals surface area contributed by atoms with E-state index in [1.807, 2.05) is 55.6 Å². The third kappa shape index (κ3) is 7.17. The number of methoxy groups -OCH3 is 3. The molecular formula is C32H43NO8S2. The molecule has 9 nitrogen and oxygen atoms in total. The number of allylic oxidation sites excluding steroid dienone is 2. The van der Waals surface area contributed by atoms with Crippen molar-refractivity contribution in [3.05, 3.63) is 83.5 Å². The highest BCUT2D eigenvalue weighted by Crippen LogP contribution is 2.47. The molecule has 2 aromatic rings. The van der Waals surface area contributed by atoms with Crippen LogP contribution in [0.25, 0.3) is 0 Å². The summed E-state index contributed by atoms with van der Waals surface area (Å²) in [6, 6.07) is 15.4. The monoisotopic (exact) mass is 633 g/mol. The van der Waals surface area contributed by atoms with Gasteiger partial charge in [0.2, 0.25) is 0 Å². The van der Waals surface area contributed by atoms with Crippen LogP contribution in [-0.4, -0.2) is 84.6 Å². The van der Waals surface area contributed by atoms with Gasteiger partial charge in [-0.15, -0.1) is 0 Å². The van der Waals surface area contributed by atoms with Crippen molar-refractivity contribution < 1.29 is 35.8 Å².